The van der Waals surface area contributed by atoms with Crippen LogP contribution in [0.1, 0.15) is 13.3 Å². The number of pyridine rings is 1. The molecule has 0 radical (unpaired) electrons. The molecule has 2 rings (SSSR count). The van der Waals surface area contributed by atoms with Crippen LogP contribution in [0.25, 0.3) is 11.2 Å². The van der Waals surface area contributed by atoms with E-state index >= 15 is 0 Å². The Bertz CT molecular complexity index is 563. The van der Waals surface area contributed by atoms with Gasteiger partial charge in [-0.25, -0.2) is 4.98 Å². The molecule has 0 N–H and O–H groups in total. The quantitative estimate of drug-likeness (QED) is 0.778. The molecule has 5 nitrogen and oxygen atoms in total. The predicted octanol–water partition coefficient (Wildman–Crippen LogP) is 1.21. The fraction of sp³-hybridized carbons (Fsp3) is 0.364. The molecule has 0 aromatic carbocycles. The van der Waals surface area contributed by atoms with Gasteiger partial charge in [0, 0.05) is 12.6 Å². The molecular formula is C11H13N3O2. The third kappa shape index (κ3) is 1.76. The van der Waals surface area contributed by atoms with Crippen LogP contribution in [0.3, 0.4) is 0 Å². The standard InChI is InChI=1S/C11H13N3O2/c1-3-6-14-10(15)5-4-8-11(14)13-9(16-2)7-12-8/h4-5,7H,3,6H2,1-2H3. The van der Waals surface area contributed by atoms with Gasteiger partial charge in [0.1, 0.15) is 5.52 Å². The number of aryl methyl sites for hydroxylation is 1. The van der Waals surface area contributed by atoms with Crippen molar-refractivity contribution in [1.29, 1.82) is 0 Å². The molecule has 84 valence electrons. The normalized spacial score (nSPS) is 10.6. The maximum Gasteiger partial charge on any atom is 0.252 e. The van der Waals surface area contributed by atoms with Crippen molar-refractivity contribution in [3.8, 4) is 5.88 Å². The highest BCUT2D eigenvalue weighted by atomic mass is 16.5. The molecule has 0 aliphatic heterocycles. The minimum Gasteiger partial charge on any atom is -0.480 e. The maximum absolute atomic E-state index is 11.7. The smallest absolute Gasteiger partial charge is 0.252 e. The van der Waals surface area contributed by atoms with E-state index in [2.05, 4.69) is 9.97 Å². The van der Waals surface area contributed by atoms with Gasteiger partial charge in [-0.05, 0) is 12.5 Å². The zero-order valence-corrected chi connectivity index (χ0v) is 9.30. The van der Waals surface area contributed by atoms with E-state index in [-0.39, 0.29) is 5.56 Å². The van der Waals surface area contributed by atoms with Gasteiger partial charge in [-0.1, -0.05) is 6.92 Å². The van der Waals surface area contributed by atoms with Gasteiger partial charge in [-0.15, -0.1) is 0 Å². The van der Waals surface area contributed by atoms with Crippen molar-refractivity contribution in [2.75, 3.05) is 7.11 Å². The van der Waals surface area contributed by atoms with Crippen molar-refractivity contribution >= 4 is 11.2 Å². The summed E-state index contributed by atoms with van der Waals surface area (Å²) in [6.45, 7) is 2.65. The lowest BCUT2D eigenvalue weighted by atomic mass is 10.3. The number of methoxy groups -OCH3 is 1. The average molecular weight is 219 g/mol. The van der Waals surface area contributed by atoms with Crippen molar-refractivity contribution in [2.24, 2.45) is 0 Å². The summed E-state index contributed by atoms with van der Waals surface area (Å²) in [4.78, 5) is 20.1. The Balaban J connectivity index is 2.72. The molecule has 0 saturated heterocycles. The molecule has 0 bridgehead atoms. The summed E-state index contributed by atoms with van der Waals surface area (Å²) in [6.07, 6.45) is 2.42. The maximum atomic E-state index is 11.7. The van der Waals surface area contributed by atoms with Crippen LogP contribution in [0.4, 0.5) is 0 Å². The molecule has 2 aromatic rings. The first-order chi connectivity index (χ1) is 7.76. The largest absolute Gasteiger partial charge is 0.480 e. The van der Waals surface area contributed by atoms with Gasteiger partial charge in [0.25, 0.3) is 5.56 Å². The van der Waals surface area contributed by atoms with E-state index in [0.29, 0.717) is 23.6 Å². The van der Waals surface area contributed by atoms with Gasteiger partial charge < -0.3 is 4.74 Å². The lowest BCUT2D eigenvalue weighted by molar-refractivity contribution is 0.396. The molecule has 5 heteroatoms. The van der Waals surface area contributed by atoms with Crippen LogP contribution >= 0.6 is 0 Å². The molecule has 2 heterocycles. The fourth-order valence-electron chi connectivity index (χ4n) is 1.57. The Hall–Kier alpha value is -1.91. The highest BCUT2D eigenvalue weighted by Gasteiger charge is 2.06. The topological polar surface area (TPSA) is 57.0 Å². The van der Waals surface area contributed by atoms with E-state index in [9.17, 15) is 4.79 Å². The first kappa shape index (κ1) is 10.6. The summed E-state index contributed by atoms with van der Waals surface area (Å²) >= 11 is 0. The number of ether oxygens (including phenoxy) is 1. The summed E-state index contributed by atoms with van der Waals surface area (Å²) in [5, 5.41) is 0. The predicted molar refractivity (Wildman–Crippen MR) is 60.6 cm³/mol. The molecule has 0 amide bonds. The van der Waals surface area contributed by atoms with E-state index in [1.807, 2.05) is 6.92 Å². The van der Waals surface area contributed by atoms with Crippen LogP contribution in [0.2, 0.25) is 0 Å². The highest BCUT2D eigenvalue weighted by Crippen LogP contribution is 2.11. The molecular weight excluding hydrogens is 206 g/mol. The summed E-state index contributed by atoms with van der Waals surface area (Å²) in [6, 6.07) is 3.19. The van der Waals surface area contributed by atoms with Crippen molar-refractivity contribution < 1.29 is 4.74 Å². The second-order valence-electron chi connectivity index (χ2n) is 3.44. The summed E-state index contributed by atoms with van der Waals surface area (Å²) < 4.78 is 6.62. The first-order valence-corrected chi connectivity index (χ1v) is 5.17. The second-order valence-corrected chi connectivity index (χ2v) is 3.44. The summed E-state index contributed by atoms with van der Waals surface area (Å²) in [7, 11) is 1.53. The Kier molecular flexibility index (Phi) is 2.85. The lowest BCUT2D eigenvalue weighted by Gasteiger charge is -2.07. The Morgan fingerprint density at radius 1 is 1.44 bits per heavy atom. The SMILES string of the molecule is CCCn1c(=O)ccc2ncc(OC)nc21. The number of hydrogen-bond donors (Lipinski definition) is 0. The van der Waals surface area contributed by atoms with E-state index in [0.717, 1.165) is 6.42 Å². The van der Waals surface area contributed by atoms with Crippen LogP contribution in [0, 0.1) is 0 Å². The van der Waals surface area contributed by atoms with Crippen LogP contribution in [-0.4, -0.2) is 21.6 Å². The molecule has 0 aliphatic carbocycles. The van der Waals surface area contributed by atoms with Crippen LogP contribution < -0.4 is 10.3 Å². The van der Waals surface area contributed by atoms with Gasteiger partial charge >= 0.3 is 0 Å². The Labute approximate surface area is 92.7 Å². The number of hydrogen-bond acceptors (Lipinski definition) is 4. The van der Waals surface area contributed by atoms with Gasteiger partial charge in [0.2, 0.25) is 5.88 Å². The van der Waals surface area contributed by atoms with Gasteiger partial charge in [-0.2, -0.15) is 4.98 Å². The Morgan fingerprint density at radius 3 is 2.94 bits per heavy atom. The molecule has 2 aromatic heterocycles. The Morgan fingerprint density at radius 2 is 2.25 bits per heavy atom. The number of nitrogens with zero attached hydrogens (tertiary/aromatic N) is 3. The highest BCUT2D eigenvalue weighted by molar-refractivity contribution is 5.70. The van der Waals surface area contributed by atoms with E-state index in [1.165, 1.54) is 13.2 Å². The zero-order chi connectivity index (χ0) is 11.5. The molecule has 16 heavy (non-hydrogen) atoms. The first-order valence-electron chi connectivity index (χ1n) is 5.17. The molecule has 0 unspecified atom stereocenters. The summed E-state index contributed by atoms with van der Waals surface area (Å²) in [5.74, 6) is 0.419. The number of aromatic nitrogens is 3. The fourth-order valence-corrected chi connectivity index (χ4v) is 1.57. The van der Waals surface area contributed by atoms with Crippen molar-refractivity contribution in [3.05, 3.63) is 28.7 Å². The van der Waals surface area contributed by atoms with E-state index in [1.54, 1.807) is 16.8 Å². The van der Waals surface area contributed by atoms with Crippen LogP contribution in [-0.2, 0) is 6.54 Å². The minimum atomic E-state index is -0.0584. The van der Waals surface area contributed by atoms with E-state index < -0.39 is 0 Å². The van der Waals surface area contributed by atoms with Crippen LogP contribution in [0.5, 0.6) is 5.88 Å². The zero-order valence-electron chi connectivity index (χ0n) is 9.30. The second kappa shape index (κ2) is 4.30. The third-order valence-corrected chi connectivity index (χ3v) is 2.32. The third-order valence-electron chi connectivity index (χ3n) is 2.32. The number of fused-ring (bicyclic) bond motifs is 1. The van der Waals surface area contributed by atoms with Gasteiger partial charge in [0.15, 0.2) is 5.65 Å². The molecule has 0 aliphatic rings. The number of rotatable bonds is 3. The lowest BCUT2D eigenvalue weighted by Crippen LogP contribution is -2.20. The average Bonchev–Trinajstić information content (AvgIpc) is 2.32. The van der Waals surface area contributed by atoms with Crippen LogP contribution in [0.15, 0.2) is 23.1 Å². The minimum absolute atomic E-state index is 0.0584. The van der Waals surface area contributed by atoms with Gasteiger partial charge in [0.05, 0.1) is 13.3 Å². The van der Waals surface area contributed by atoms with Gasteiger partial charge in [-0.3, -0.25) is 9.36 Å². The van der Waals surface area contributed by atoms with E-state index in [4.69, 9.17) is 4.74 Å². The monoisotopic (exact) mass is 219 g/mol. The molecule has 0 atom stereocenters. The van der Waals surface area contributed by atoms with Crippen molar-refractivity contribution in [1.82, 2.24) is 14.5 Å². The molecule has 0 fully saturated rings. The molecule has 0 saturated carbocycles. The molecule has 0 spiro atoms. The summed E-state index contributed by atoms with van der Waals surface area (Å²) in [5.41, 5.74) is 1.22. The van der Waals surface area contributed by atoms with Crippen molar-refractivity contribution in [3.63, 3.8) is 0 Å². The van der Waals surface area contributed by atoms with Crippen molar-refractivity contribution in [2.45, 2.75) is 19.9 Å².